The highest BCUT2D eigenvalue weighted by Gasteiger charge is 2.38. The molecule has 14 heavy (non-hydrogen) atoms. The molecule has 0 aromatic heterocycles. The molecule has 0 unspecified atom stereocenters. The molecule has 84 valence electrons. The molecule has 0 radical (unpaired) electrons. The summed E-state index contributed by atoms with van der Waals surface area (Å²) in [4.78, 5) is 0. The van der Waals surface area contributed by atoms with Crippen molar-refractivity contribution in [3.63, 3.8) is 0 Å². The molecule has 1 N–H and O–H groups in total. The molecule has 1 rings (SSSR count). The second-order valence-corrected chi connectivity index (χ2v) is 6.49. The number of hydrogen-bond acceptors (Lipinski definition) is 3. The van der Waals surface area contributed by atoms with Gasteiger partial charge in [0.2, 0.25) is 10.0 Å². The maximum absolute atomic E-state index is 11.7. The lowest BCUT2D eigenvalue weighted by molar-refractivity contribution is 0.446. The number of hydrogen-bond donors (Lipinski definition) is 1. The molecular formula is C9H20N2O2S. The van der Waals surface area contributed by atoms with Gasteiger partial charge in [-0.1, -0.05) is 13.8 Å². The Morgan fingerprint density at radius 1 is 1.43 bits per heavy atom. The number of rotatable bonds is 6. The minimum Gasteiger partial charge on any atom is -0.313 e. The molecule has 0 bridgehead atoms. The van der Waals surface area contributed by atoms with Crippen LogP contribution in [0.3, 0.4) is 0 Å². The van der Waals surface area contributed by atoms with Crippen LogP contribution in [-0.2, 0) is 10.0 Å². The topological polar surface area (TPSA) is 49.4 Å². The van der Waals surface area contributed by atoms with Crippen molar-refractivity contribution in [1.29, 1.82) is 0 Å². The number of nitrogens with zero attached hydrogens (tertiary/aromatic N) is 1. The summed E-state index contributed by atoms with van der Waals surface area (Å²) in [5, 5.41) is 3.11. The van der Waals surface area contributed by atoms with Crippen LogP contribution in [0.2, 0.25) is 0 Å². The summed E-state index contributed by atoms with van der Waals surface area (Å²) in [5.41, 5.74) is 0. The van der Waals surface area contributed by atoms with Gasteiger partial charge in [0.05, 0.1) is 5.25 Å². The molecule has 0 atom stereocenters. The Labute approximate surface area is 86.7 Å². The standard InChI is InChI=1S/C9H20N2O2S/c1-8(2)10-6-7-11(3)14(12,13)9-4-5-9/h8-10H,4-7H2,1-3H3. The van der Waals surface area contributed by atoms with Crippen molar-refractivity contribution in [2.24, 2.45) is 0 Å². The molecular weight excluding hydrogens is 200 g/mol. The van der Waals surface area contributed by atoms with Gasteiger partial charge in [-0.05, 0) is 12.8 Å². The number of nitrogens with one attached hydrogen (secondary N) is 1. The Morgan fingerprint density at radius 2 is 2.00 bits per heavy atom. The molecule has 4 nitrogen and oxygen atoms in total. The minimum atomic E-state index is -2.97. The molecule has 1 fully saturated rings. The first-order chi connectivity index (χ1) is 6.44. The molecule has 1 aliphatic carbocycles. The van der Waals surface area contributed by atoms with Gasteiger partial charge >= 0.3 is 0 Å². The van der Waals surface area contributed by atoms with E-state index in [2.05, 4.69) is 19.2 Å². The third-order valence-corrected chi connectivity index (χ3v) is 4.72. The van der Waals surface area contributed by atoms with Gasteiger partial charge in [0.1, 0.15) is 0 Å². The van der Waals surface area contributed by atoms with Crippen molar-refractivity contribution >= 4 is 10.0 Å². The smallest absolute Gasteiger partial charge is 0.216 e. The highest BCUT2D eigenvalue weighted by atomic mass is 32.2. The molecule has 0 spiro atoms. The normalized spacial score (nSPS) is 18.1. The Morgan fingerprint density at radius 3 is 2.43 bits per heavy atom. The first-order valence-electron chi connectivity index (χ1n) is 5.13. The third-order valence-electron chi connectivity index (χ3n) is 2.36. The van der Waals surface area contributed by atoms with E-state index in [0.717, 1.165) is 19.4 Å². The van der Waals surface area contributed by atoms with E-state index in [0.29, 0.717) is 12.6 Å². The van der Waals surface area contributed by atoms with Gasteiger partial charge in [0.15, 0.2) is 0 Å². The van der Waals surface area contributed by atoms with Gasteiger partial charge in [-0.15, -0.1) is 0 Å². The summed E-state index contributed by atoms with van der Waals surface area (Å²) >= 11 is 0. The molecule has 0 aromatic rings. The van der Waals surface area contributed by atoms with Crippen molar-refractivity contribution in [2.75, 3.05) is 20.1 Å². The van der Waals surface area contributed by atoms with Crippen molar-refractivity contribution in [3.05, 3.63) is 0 Å². The van der Waals surface area contributed by atoms with Crippen LogP contribution in [0.25, 0.3) is 0 Å². The van der Waals surface area contributed by atoms with Crippen molar-refractivity contribution in [2.45, 2.75) is 38.0 Å². The SMILES string of the molecule is CC(C)NCCN(C)S(=O)(=O)C1CC1. The van der Waals surface area contributed by atoms with E-state index in [1.54, 1.807) is 7.05 Å². The minimum absolute atomic E-state index is 0.0912. The van der Waals surface area contributed by atoms with Crippen LogP contribution in [0.1, 0.15) is 26.7 Å². The predicted octanol–water partition coefficient (Wildman–Crippen LogP) is 0.408. The van der Waals surface area contributed by atoms with Crippen LogP contribution in [-0.4, -0.2) is 44.2 Å². The zero-order chi connectivity index (χ0) is 10.8. The fraction of sp³-hybridized carbons (Fsp3) is 1.00. The van der Waals surface area contributed by atoms with Crippen LogP contribution >= 0.6 is 0 Å². The van der Waals surface area contributed by atoms with Gasteiger partial charge in [-0.25, -0.2) is 12.7 Å². The number of likely N-dealkylation sites (N-methyl/N-ethyl adjacent to an activating group) is 1. The Hall–Kier alpha value is -0.130. The van der Waals surface area contributed by atoms with E-state index in [4.69, 9.17) is 0 Å². The summed E-state index contributed by atoms with van der Waals surface area (Å²) in [6.07, 6.45) is 1.68. The fourth-order valence-corrected chi connectivity index (χ4v) is 2.84. The average molecular weight is 220 g/mol. The molecule has 0 heterocycles. The van der Waals surface area contributed by atoms with Crippen LogP contribution < -0.4 is 5.32 Å². The zero-order valence-corrected chi connectivity index (χ0v) is 9.97. The van der Waals surface area contributed by atoms with Crippen molar-refractivity contribution in [1.82, 2.24) is 9.62 Å². The largest absolute Gasteiger partial charge is 0.313 e. The first kappa shape index (κ1) is 11.9. The van der Waals surface area contributed by atoms with Gasteiger partial charge in [0, 0.05) is 26.2 Å². The van der Waals surface area contributed by atoms with Crippen LogP contribution in [0.5, 0.6) is 0 Å². The molecule has 0 aromatic carbocycles. The lowest BCUT2D eigenvalue weighted by Crippen LogP contribution is -2.37. The second kappa shape index (κ2) is 4.59. The summed E-state index contributed by atoms with van der Waals surface area (Å²) < 4.78 is 24.8. The quantitative estimate of drug-likeness (QED) is 0.705. The molecule has 0 saturated heterocycles. The first-order valence-corrected chi connectivity index (χ1v) is 6.63. The van der Waals surface area contributed by atoms with E-state index in [1.807, 2.05) is 0 Å². The summed E-state index contributed by atoms with van der Waals surface area (Å²) in [6.45, 7) is 5.39. The molecule has 0 amide bonds. The van der Waals surface area contributed by atoms with Gasteiger partial charge in [-0.3, -0.25) is 0 Å². The number of sulfonamides is 1. The van der Waals surface area contributed by atoms with Gasteiger partial charge < -0.3 is 5.32 Å². The maximum atomic E-state index is 11.7. The molecule has 5 heteroatoms. The van der Waals surface area contributed by atoms with Crippen molar-refractivity contribution in [3.8, 4) is 0 Å². The maximum Gasteiger partial charge on any atom is 0.216 e. The zero-order valence-electron chi connectivity index (χ0n) is 9.16. The monoisotopic (exact) mass is 220 g/mol. The average Bonchev–Trinajstić information content (AvgIpc) is 2.85. The van der Waals surface area contributed by atoms with Crippen molar-refractivity contribution < 1.29 is 8.42 Å². The lowest BCUT2D eigenvalue weighted by Gasteiger charge is -2.17. The summed E-state index contributed by atoms with van der Waals surface area (Å²) in [5.74, 6) is 0. The van der Waals surface area contributed by atoms with E-state index < -0.39 is 10.0 Å². The fourth-order valence-electron chi connectivity index (χ4n) is 1.26. The van der Waals surface area contributed by atoms with E-state index in [1.165, 1.54) is 4.31 Å². The van der Waals surface area contributed by atoms with Gasteiger partial charge in [0.25, 0.3) is 0 Å². The van der Waals surface area contributed by atoms with Gasteiger partial charge in [-0.2, -0.15) is 0 Å². The predicted molar refractivity (Wildman–Crippen MR) is 57.7 cm³/mol. The Bertz CT molecular complexity index is 271. The van der Waals surface area contributed by atoms with Crippen LogP contribution in [0.15, 0.2) is 0 Å². The van der Waals surface area contributed by atoms with Crippen LogP contribution in [0, 0.1) is 0 Å². The molecule has 1 aliphatic rings. The summed E-state index contributed by atoms with van der Waals surface area (Å²) in [6, 6.07) is 0.409. The molecule has 1 saturated carbocycles. The lowest BCUT2D eigenvalue weighted by atomic mass is 10.4. The highest BCUT2D eigenvalue weighted by Crippen LogP contribution is 2.29. The van der Waals surface area contributed by atoms with E-state index in [-0.39, 0.29) is 5.25 Å². The Balaban J connectivity index is 2.30. The van der Waals surface area contributed by atoms with E-state index in [9.17, 15) is 8.42 Å². The molecule has 0 aliphatic heterocycles. The third kappa shape index (κ3) is 3.22. The highest BCUT2D eigenvalue weighted by molar-refractivity contribution is 7.90. The van der Waals surface area contributed by atoms with E-state index >= 15 is 0 Å². The second-order valence-electron chi connectivity index (χ2n) is 4.17. The Kier molecular flexibility index (Phi) is 3.92. The van der Waals surface area contributed by atoms with Crippen LogP contribution in [0.4, 0.5) is 0 Å². The summed E-state index contributed by atoms with van der Waals surface area (Å²) in [7, 11) is -1.31.